The van der Waals surface area contributed by atoms with Crippen LogP contribution in [0.5, 0.6) is 5.75 Å². The predicted molar refractivity (Wildman–Crippen MR) is 134 cm³/mol. The smallest absolute Gasteiger partial charge is 0.323 e. The molecule has 1 aliphatic rings. The van der Waals surface area contributed by atoms with Gasteiger partial charge in [-0.05, 0) is 49.2 Å². The molecule has 0 spiro atoms. The number of pyridine rings is 1. The van der Waals surface area contributed by atoms with Crippen LogP contribution in [0.25, 0.3) is 10.9 Å². The molecule has 1 fully saturated rings. The minimum absolute atomic E-state index is 0.0241. The number of likely N-dealkylation sites (tertiary alicyclic amines) is 1. The summed E-state index contributed by atoms with van der Waals surface area (Å²) in [7, 11) is 1.48. The summed E-state index contributed by atoms with van der Waals surface area (Å²) >= 11 is 1.21. The number of thioether (sulfide) groups is 1. The van der Waals surface area contributed by atoms with E-state index in [1.54, 1.807) is 18.2 Å². The second-order valence-corrected chi connectivity index (χ2v) is 10.1. The number of nitrogens with one attached hydrogen (secondary N) is 1. The average Bonchev–Trinajstić information content (AvgIpc) is 2.89. The fourth-order valence-electron chi connectivity index (χ4n) is 4.52. The molecule has 4 rings (SSSR count). The fraction of sp³-hybridized carbons (Fsp3) is 0.385. The van der Waals surface area contributed by atoms with Crippen LogP contribution < -0.4 is 10.1 Å². The van der Waals surface area contributed by atoms with Crippen LogP contribution in [-0.4, -0.2) is 70.6 Å². The molecule has 3 N–H and O–H groups in total. The van der Waals surface area contributed by atoms with Gasteiger partial charge in [-0.25, -0.2) is 13.2 Å². The average molecular weight is 536 g/mol. The van der Waals surface area contributed by atoms with Crippen LogP contribution in [0.4, 0.5) is 13.2 Å². The highest BCUT2D eigenvalue weighted by molar-refractivity contribution is 7.99. The van der Waals surface area contributed by atoms with Gasteiger partial charge in [-0.15, -0.1) is 11.8 Å². The number of halogens is 3. The number of hydrogen-bond donors (Lipinski definition) is 3. The summed E-state index contributed by atoms with van der Waals surface area (Å²) in [5.41, 5.74) is -0.777. The molecule has 0 bridgehead atoms. The van der Waals surface area contributed by atoms with Gasteiger partial charge >= 0.3 is 5.97 Å². The fourth-order valence-corrected chi connectivity index (χ4v) is 5.50. The van der Waals surface area contributed by atoms with Crippen molar-refractivity contribution in [1.29, 1.82) is 0 Å². The zero-order valence-corrected chi connectivity index (χ0v) is 21.0. The minimum Gasteiger partial charge on any atom is -0.497 e. The highest BCUT2D eigenvalue weighted by Gasteiger charge is 2.41. The molecule has 1 aliphatic heterocycles. The number of methoxy groups -OCH3 is 1. The third-order valence-corrected chi connectivity index (χ3v) is 7.72. The summed E-state index contributed by atoms with van der Waals surface area (Å²) in [6.45, 7) is 1.33. The predicted octanol–water partition coefficient (Wildman–Crippen LogP) is 4.00. The van der Waals surface area contributed by atoms with Crippen molar-refractivity contribution in [1.82, 2.24) is 15.2 Å². The van der Waals surface area contributed by atoms with Crippen molar-refractivity contribution in [3.8, 4) is 5.75 Å². The molecule has 2 heterocycles. The monoisotopic (exact) mass is 535 g/mol. The number of benzene rings is 2. The first-order valence-corrected chi connectivity index (χ1v) is 12.8. The van der Waals surface area contributed by atoms with Gasteiger partial charge in [-0.1, -0.05) is 0 Å². The lowest BCUT2D eigenvalue weighted by Crippen LogP contribution is -2.59. The van der Waals surface area contributed by atoms with E-state index in [4.69, 9.17) is 4.74 Å². The quantitative estimate of drug-likeness (QED) is 0.336. The number of nitrogens with zero attached hydrogens (tertiary/aromatic N) is 2. The molecule has 7 nitrogen and oxygen atoms in total. The second kappa shape index (κ2) is 11.7. The van der Waals surface area contributed by atoms with Crippen molar-refractivity contribution in [2.24, 2.45) is 0 Å². The van der Waals surface area contributed by atoms with Crippen LogP contribution in [0.15, 0.2) is 47.5 Å². The summed E-state index contributed by atoms with van der Waals surface area (Å²) < 4.78 is 47.1. The van der Waals surface area contributed by atoms with Gasteiger partial charge in [0.05, 0.1) is 24.9 Å². The first kappa shape index (κ1) is 27.2. The number of aliphatic hydroxyl groups excluding tert-OH is 1. The Kier molecular flexibility index (Phi) is 8.58. The number of aliphatic hydroxyl groups is 1. The Morgan fingerprint density at radius 1 is 1.19 bits per heavy atom. The number of rotatable bonds is 10. The Hall–Kier alpha value is -2.86. The van der Waals surface area contributed by atoms with Crippen molar-refractivity contribution < 1.29 is 32.9 Å². The lowest BCUT2D eigenvalue weighted by atomic mass is 9.87. The molecule has 37 heavy (non-hydrogen) atoms. The van der Waals surface area contributed by atoms with Crippen LogP contribution in [-0.2, 0) is 4.79 Å². The van der Waals surface area contributed by atoms with Crippen molar-refractivity contribution in [2.75, 3.05) is 39.0 Å². The molecule has 0 amide bonds. The largest absolute Gasteiger partial charge is 0.497 e. The lowest BCUT2D eigenvalue weighted by Gasteiger charge is -2.40. The first-order valence-electron chi connectivity index (χ1n) is 11.8. The number of fused-ring (bicyclic) bond motifs is 1. The van der Waals surface area contributed by atoms with Gasteiger partial charge in [0.1, 0.15) is 28.7 Å². The lowest BCUT2D eigenvalue weighted by molar-refractivity contribution is -0.147. The number of aromatic nitrogens is 1. The molecule has 0 radical (unpaired) electrons. The van der Waals surface area contributed by atoms with Gasteiger partial charge in [-0.3, -0.25) is 15.1 Å². The Morgan fingerprint density at radius 3 is 2.65 bits per heavy atom. The molecule has 11 heteroatoms. The van der Waals surface area contributed by atoms with Gasteiger partial charge < -0.3 is 19.8 Å². The summed E-state index contributed by atoms with van der Waals surface area (Å²) in [6.07, 6.45) is 0.250. The molecule has 198 valence electrons. The maximum absolute atomic E-state index is 14.7. The van der Waals surface area contributed by atoms with Crippen molar-refractivity contribution in [3.63, 3.8) is 0 Å². The van der Waals surface area contributed by atoms with E-state index in [0.29, 0.717) is 42.0 Å². The van der Waals surface area contributed by atoms with Crippen molar-refractivity contribution in [2.45, 2.75) is 29.4 Å². The van der Waals surface area contributed by atoms with Crippen molar-refractivity contribution in [3.05, 3.63) is 65.6 Å². The van der Waals surface area contributed by atoms with E-state index in [-0.39, 0.29) is 29.8 Å². The van der Waals surface area contributed by atoms with E-state index < -0.39 is 35.1 Å². The van der Waals surface area contributed by atoms with E-state index in [1.807, 2.05) is 0 Å². The Bertz CT molecular complexity index is 1270. The highest BCUT2D eigenvalue weighted by atomic mass is 32.2. The highest BCUT2D eigenvalue weighted by Crippen LogP contribution is 2.30. The number of piperidine rings is 1. The molecule has 2 aromatic carbocycles. The minimum atomic E-state index is -1.32. The summed E-state index contributed by atoms with van der Waals surface area (Å²) in [5, 5.41) is 24.2. The zero-order valence-electron chi connectivity index (χ0n) is 20.2. The Labute approximate surface area is 216 Å². The molecule has 1 saturated heterocycles. The van der Waals surface area contributed by atoms with E-state index >= 15 is 0 Å². The van der Waals surface area contributed by atoms with E-state index in [2.05, 4.69) is 15.2 Å². The maximum atomic E-state index is 14.7. The van der Waals surface area contributed by atoms with Gasteiger partial charge in [0, 0.05) is 47.8 Å². The summed E-state index contributed by atoms with van der Waals surface area (Å²) in [6, 6.07) is 8.25. The number of carboxylic acids is 1. The van der Waals surface area contributed by atoms with Crippen LogP contribution in [0.3, 0.4) is 0 Å². The molecule has 1 unspecified atom stereocenters. The third-order valence-electron chi connectivity index (χ3n) is 6.71. The van der Waals surface area contributed by atoms with Gasteiger partial charge in [-0.2, -0.15) is 0 Å². The van der Waals surface area contributed by atoms with E-state index in [1.165, 1.54) is 18.9 Å². The Morgan fingerprint density at radius 2 is 1.95 bits per heavy atom. The number of ether oxygens (including phenoxy) is 1. The molecular formula is C26H28F3N3O4S. The number of carbonyl (C=O) groups is 1. The zero-order chi connectivity index (χ0) is 26.6. The third kappa shape index (κ3) is 6.18. The van der Waals surface area contributed by atoms with Crippen LogP contribution in [0, 0.1) is 17.5 Å². The second-order valence-electron chi connectivity index (χ2n) is 8.95. The molecular weight excluding hydrogens is 507 g/mol. The molecule has 3 aromatic rings. The van der Waals surface area contributed by atoms with Crippen LogP contribution in [0.2, 0.25) is 0 Å². The van der Waals surface area contributed by atoms with Crippen LogP contribution >= 0.6 is 11.8 Å². The SMILES string of the molecule is COc1ccc2ncc(F)c(C(O)CNC3(C(=O)O)CCN(CCSc4cc(F)ccc4F)CC3)c2c1. The molecule has 0 aliphatic carbocycles. The standard InChI is InChI=1S/C26H28F3N3O4S/c1-36-17-3-5-21-18(13-17)24(20(29)14-30-21)22(33)15-31-26(25(34)35)6-8-32(9-7-26)10-11-37-23-12-16(27)2-4-19(23)28/h2-5,12-14,22,31,33H,6-11,15H2,1H3,(H,34,35). The number of β-amino-alcohol motifs (C(OH)–C–C–N with tert-alkyl or cyclic N) is 1. The van der Waals surface area contributed by atoms with Crippen molar-refractivity contribution >= 4 is 28.6 Å². The number of hydrogen-bond acceptors (Lipinski definition) is 7. The number of carboxylic acid groups (broad SMARTS) is 1. The number of aliphatic carboxylic acids is 1. The normalized spacial score (nSPS) is 16.6. The van der Waals surface area contributed by atoms with Gasteiger partial charge in [0.25, 0.3) is 0 Å². The van der Waals surface area contributed by atoms with Gasteiger partial charge in [0.2, 0.25) is 0 Å². The van der Waals surface area contributed by atoms with Crippen LogP contribution in [0.1, 0.15) is 24.5 Å². The molecule has 1 atom stereocenters. The summed E-state index contributed by atoms with van der Waals surface area (Å²) in [5.74, 6) is -1.72. The first-order chi connectivity index (χ1) is 17.7. The van der Waals surface area contributed by atoms with E-state index in [0.717, 1.165) is 24.4 Å². The molecule has 0 saturated carbocycles. The van der Waals surface area contributed by atoms with E-state index in [9.17, 15) is 28.2 Å². The summed E-state index contributed by atoms with van der Waals surface area (Å²) in [4.78, 5) is 18.6. The topological polar surface area (TPSA) is 94.9 Å². The maximum Gasteiger partial charge on any atom is 0.323 e. The Balaban J connectivity index is 1.37. The van der Waals surface area contributed by atoms with Gasteiger partial charge in [0.15, 0.2) is 0 Å². The molecule has 1 aromatic heterocycles.